The quantitative estimate of drug-likeness (QED) is 0.647. The molecule has 0 fully saturated rings. The predicted molar refractivity (Wildman–Crippen MR) is 51.0 cm³/mol. The summed E-state index contributed by atoms with van der Waals surface area (Å²) in [6, 6.07) is 0.131. The van der Waals surface area contributed by atoms with Crippen LogP contribution in [0.2, 0.25) is 0 Å². The molecule has 2 N–H and O–H groups in total. The number of nitrogens with two attached hydrogens (primary N) is 1. The molecule has 0 bridgehead atoms. The van der Waals surface area contributed by atoms with Gasteiger partial charge in [-0.15, -0.1) is 0 Å². The van der Waals surface area contributed by atoms with Crippen molar-refractivity contribution in [3.8, 4) is 0 Å². The lowest BCUT2D eigenvalue weighted by Gasteiger charge is -2.18. The van der Waals surface area contributed by atoms with E-state index in [2.05, 4.69) is 4.74 Å². The van der Waals surface area contributed by atoms with Gasteiger partial charge in [-0.25, -0.2) is 4.79 Å². The van der Waals surface area contributed by atoms with Crippen LogP contribution in [-0.2, 0) is 9.53 Å². The Kier molecular flexibility index (Phi) is 3.25. The second-order valence-electron chi connectivity index (χ2n) is 3.27. The zero-order valence-electron chi connectivity index (χ0n) is 7.99. The van der Waals surface area contributed by atoms with Gasteiger partial charge in [0.2, 0.25) is 0 Å². The van der Waals surface area contributed by atoms with E-state index in [-0.39, 0.29) is 12.0 Å². The third-order valence-electron chi connectivity index (χ3n) is 2.23. The molecule has 0 saturated carbocycles. The lowest BCUT2D eigenvalue weighted by atomic mass is 9.92. The highest BCUT2D eigenvalue weighted by Crippen LogP contribution is 2.18. The molecule has 1 unspecified atom stereocenters. The first kappa shape index (κ1) is 9.99. The number of carbonyl (C=O) groups is 1. The van der Waals surface area contributed by atoms with Gasteiger partial charge in [0.15, 0.2) is 0 Å². The van der Waals surface area contributed by atoms with E-state index in [0.717, 1.165) is 6.42 Å². The van der Waals surface area contributed by atoms with Crippen LogP contribution in [0.3, 0.4) is 0 Å². The van der Waals surface area contributed by atoms with Crippen molar-refractivity contribution >= 4 is 5.97 Å². The molecule has 72 valence electrons. The Morgan fingerprint density at radius 1 is 1.77 bits per heavy atom. The van der Waals surface area contributed by atoms with E-state index >= 15 is 0 Å². The first-order valence-corrected chi connectivity index (χ1v) is 4.37. The molecule has 13 heavy (non-hydrogen) atoms. The number of hydrogen-bond donors (Lipinski definition) is 1. The summed E-state index contributed by atoms with van der Waals surface area (Å²) in [6.07, 6.45) is 6.44. The first-order valence-electron chi connectivity index (χ1n) is 4.37. The number of allylic oxidation sites excluding steroid dienone is 1. The summed E-state index contributed by atoms with van der Waals surface area (Å²) < 4.78 is 4.60. The number of rotatable bonds is 2. The predicted octanol–water partition coefficient (Wildman–Crippen LogP) is 1.01. The monoisotopic (exact) mass is 181 g/mol. The number of ether oxygens (including phenoxy) is 1. The van der Waals surface area contributed by atoms with Gasteiger partial charge in [-0.3, -0.25) is 0 Å². The molecule has 0 aliphatic heterocycles. The van der Waals surface area contributed by atoms with Gasteiger partial charge in [0.1, 0.15) is 0 Å². The van der Waals surface area contributed by atoms with Gasteiger partial charge in [-0.05, 0) is 19.3 Å². The minimum Gasteiger partial charge on any atom is -0.465 e. The molecular weight excluding hydrogens is 166 g/mol. The third-order valence-corrected chi connectivity index (χ3v) is 2.23. The summed E-state index contributed by atoms with van der Waals surface area (Å²) in [7, 11) is 1.38. The Morgan fingerprint density at radius 2 is 2.46 bits per heavy atom. The fourth-order valence-corrected chi connectivity index (χ4v) is 1.30. The van der Waals surface area contributed by atoms with Crippen LogP contribution in [-0.4, -0.2) is 19.1 Å². The Bertz CT molecular complexity index is 254. The molecule has 1 aliphatic rings. The molecule has 0 radical (unpaired) electrons. The van der Waals surface area contributed by atoms with Crippen molar-refractivity contribution in [2.45, 2.75) is 19.4 Å². The van der Waals surface area contributed by atoms with Crippen LogP contribution in [0.25, 0.3) is 0 Å². The van der Waals surface area contributed by atoms with Crippen molar-refractivity contribution in [3.63, 3.8) is 0 Å². The van der Waals surface area contributed by atoms with Gasteiger partial charge in [0.25, 0.3) is 0 Å². The van der Waals surface area contributed by atoms with E-state index in [1.807, 2.05) is 19.1 Å². The molecule has 0 aromatic carbocycles. The highest BCUT2D eigenvalue weighted by molar-refractivity contribution is 5.91. The average Bonchev–Trinajstić information content (AvgIpc) is 2.17. The van der Waals surface area contributed by atoms with Crippen molar-refractivity contribution in [1.29, 1.82) is 0 Å². The topological polar surface area (TPSA) is 52.3 Å². The number of hydrogen-bond acceptors (Lipinski definition) is 3. The molecule has 0 spiro atoms. The van der Waals surface area contributed by atoms with Crippen molar-refractivity contribution in [2.24, 2.45) is 11.7 Å². The van der Waals surface area contributed by atoms with Crippen LogP contribution in [0.5, 0.6) is 0 Å². The van der Waals surface area contributed by atoms with Crippen LogP contribution in [0.4, 0.5) is 0 Å². The zero-order chi connectivity index (χ0) is 9.84. The molecule has 2 atom stereocenters. The standard InChI is InChI=1S/C10H15NO2/c1-7(11)8-3-5-9(6-4-8)10(12)13-2/h3,5-8H,4,11H2,1-2H3/t7-,8?/m1/s1. The van der Waals surface area contributed by atoms with Crippen molar-refractivity contribution in [2.75, 3.05) is 7.11 Å². The van der Waals surface area contributed by atoms with Gasteiger partial charge in [0.05, 0.1) is 12.7 Å². The van der Waals surface area contributed by atoms with Crippen LogP contribution in [0.1, 0.15) is 13.3 Å². The van der Waals surface area contributed by atoms with Gasteiger partial charge in [-0.1, -0.05) is 18.2 Å². The molecule has 0 aromatic heterocycles. The molecular formula is C10H15NO2. The van der Waals surface area contributed by atoms with Gasteiger partial charge < -0.3 is 10.5 Å². The van der Waals surface area contributed by atoms with Gasteiger partial charge in [0, 0.05) is 6.04 Å². The second kappa shape index (κ2) is 4.23. The summed E-state index contributed by atoms with van der Waals surface area (Å²) in [4.78, 5) is 11.1. The second-order valence-corrected chi connectivity index (χ2v) is 3.27. The number of carbonyl (C=O) groups excluding carboxylic acids is 1. The molecule has 0 saturated heterocycles. The van der Waals surface area contributed by atoms with E-state index < -0.39 is 0 Å². The summed E-state index contributed by atoms with van der Waals surface area (Å²) >= 11 is 0. The van der Waals surface area contributed by atoms with Crippen molar-refractivity contribution in [1.82, 2.24) is 0 Å². The highest BCUT2D eigenvalue weighted by atomic mass is 16.5. The average molecular weight is 181 g/mol. The van der Waals surface area contributed by atoms with Crippen LogP contribution in [0.15, 0.2) is 23.8 Å². The Balaban J connectivity index is 2.60. The fraction of sp³-hybridized carbons (Fsp3) is 0.500. The molecule has 1 rings (SSSR count). The summed E-state index contributed by atoms with van der Waals surface area (Å²) in [5, 5.41) is 0. The largest absolute Gasteiger partial charge is 0.465 e. The van der Waals surface area contributed by atoms with E-state index in [9.17, 15) is 4.79 Å². The minimum atomic E-state index is -0.278. The molecule has 3 heteroatoms. The maximum Gasteiger partial charge on any atom is 0.337 e. The molecule has 0 aromatic rings. The Labute approximate surface area is 78.3 Å². The smallest absolute Gasteiger partial charge is 0.337 e. The van der Waals surface area contributed by atoms with Crippen molar-refractivity contribution in [3.05, 3.63) is 23.8 Å². The molecule has 3 nitrogen and oxygen atoms in total. The number of esters is 1. The van der Waals surface area contributed by atoms with Crippen LogP contribution in [0, 0.1) is 5.92 Å². The Hall–Kier alpha value is -1.09. The maximum absolute atomic E-state index is 11.1. The molecule has 0 heterocycles. The van der Waals surface area contributed by atoms with Crippen molar-refractivity contribution < 1.29 is 9.53 Å². The van der Waals surface area contributed by atoms with E-state index in [1.54, 1.807) is 6.08 Å². The zero-order valence-corrected chi connectivity index (χ0v) is 7.99. The normalized spacial score (nSPS) is 23.6. The van der Waals surface area contributed by atoms with E-state index in [0.29, 0.717) is 11.5 Å². The van der Waals surface area contributed by atoms with Crippen LogP contribution >= 0.6 is 0 Å². The Morgan fingerprint density at radius 3 is 2.85 bits per heavy atom. The summed E-state index contributed by atoms with van der Waals surface area (Å²) in [5.41, 5.74) is 6.35. The van der Waals surface area contributed by atoms with Gasteiger partial charge >= 0.3 is 5.97 Å². The summed E-state index contributed by atoms with van der Waals surface area (Å²) in [5.74, 6) is 0.0628. The third kappa shape index (κ3) is 2.42. The summed E-state index contributed by atoms with van der Waals surface area (Å²) in [6.45, 7) is 1.96. The van der Waals surface area contributed by atoms with E-state index in [4.69, 9.17) is 5.73 Å². The minimum absolute atomic E-state index is 0.131. The van der Waals surface area contributed by atoms with Crippen LogP contribution < -0.4 is 5.73 Å². The maximum atomic E-state index is 11.1. The first-order chi connectivity index (χ1) is 6.15. The highest BCUT2D eigenvalue weighted by Gasteiger charge is 2.15. The molecule has 0 amide bonds. The SMILES string of the molecule is COC(=O)C1=CCC([C@@H](C)N)C=C1. The molecule has 1 aliphatic carbocycles. The lowest BCUT2D eigenvalue weighted by molar-refractivity contribution is -0.135. The fourth-order valence-electron chi connectivity index (χ4n) is 1.30. The van der Waals surface area contributed by atoms with Gasteiger partial charge in [-0.2, -0.15) is 0 Å². The van der Waals surface area contributed by atoms with E-state index in [1.165, 1.54) is 7.11 Å². The lowest BCUT2D eigenvalue weighted by Crippen LogP contribution is -2.26. The number of methoxy groups -OCH3 is 1.